The monoisotopic (exact) mass is 975 g/mol. The maximum absolute atomic E-state index is 13.6. The van der Waals surface area contributed by atoms with Gasteiger partial charge < -0.3 is 60.0 Å². The Morgan fingerprint density at radius 3 is 2.12 bits per heavy atom. The van der Waals surface area contributed by atoms with Crippen molar-refractivity contribution in [2.45, 2.75) is 216 Å². The fourth-order valence-electron chi connectivity index (χ4n) is 7.59. The molecule has 0 saturated carbocycles. The van der Waals surface area contributed by atoms with Gasteiger partial charge in [-0.25, -0.2) is 4.57 Å². The fourth-order valence-corrected chi connectivity index (χ4v) is 8.56. The van der Waals surface area contributed by atoms with Crippen LogP contribution in [0.5, 0.6) is 0 Å². The van der Waals surface area contributed by atoms with Gasteiger partial charge in [0.05, 0.1) is 24.9 Å². The van der Waals surface area contributed by atoms with E-state index < -0.39 is 113 Å². The highest BCUT2D eigenvalue weighted by Gasteiger charge is 2.48. The number of carbonyl (C=O) groups excluding carboxylic acids is 2. The second kappa shape index (κ2) is 35.5. The van der Waals surface area contributed by atoms with E-state index in [1.807, 2.05) is 19.1 Å². The normalized spacial score (nSPS) is 32.0. The molecule has 2 bridgehead atoms. The standard InChI is InChI=1S/C49H83O17P/c1-3-5-7-8-9-10-11-12-13-14-15-16-17-18-19-20-26-30-42(53)64-37-34-62-41(52)29-25-22-21-24-28-38-39(51)33-43(54)65-40(32-31-36(50)27-23-6-4-2)45(56)47(58)49(48(59)46(57)44(38)55)66-67(60,61)63-35-37/h12-13,15-16,18-19,21,24,31-32,36-40,43-51,54-59H,3-11,14,17,20,22-23,25-30,33-35H2,1-2H3,(H,60,61)/b13-12-,16-15-,19-18-,24-21?,32-31?/t36-,37+,38-,39-,40+,43?,44+,45+,46-,47+,48+,49+/m0/s1. The molecule has 1 fully saturated rings. The van der Waals surface area contributed by atoms with Crippen molar-refractivity contribution in [1.29, 1.82) is 0 Å². The van der Waals surface area contributed by atoms with E-state index in [1.54, 1.807) is 12.2 Å². The molecular formula is C49H83O17P. The smallest absolute Gasteiger partial charge is 0.462 e. The Morgan fingerprint density at radius 1 is 0.791 bits per heavy atom. The molecule has 2 rings (SSSR count). The average Bonchev–Trinajstić information content (AvgIpc) is 3.29. The summed E-state index contributed by atoms with van der Waals surface area (Å²) in [6, 6.07) is 0. The van der Waals surface area contributed by atoms with Gasteiger partial charge in [0.25, 0.3) is 0 Å². The van der Waals surface area contributed by atoms with Crippen LogP contribution >= 0.6 is 7.82 Å². The molecular weight excluding hydrogens is 891 g/mol. The Morgan fingerprint density at radius 2 is 1.42 bits per heavy atom. The lowest BCUT2D eigenvalue weighted by Gasteiger charge is -2.39. The maximum Gasteiger partial charge on any atom is 0.472 e. The predicted octanol–water partition coefficient (Wildman–Crippen LogP) is 5.83. The first-order valence-electron chi connectivity index (χ1n) is 24.5. The van der Waals surface area contributed by atoms with Crippen molar-refractivity contribution in [1.82, 2.24) is 0 Å². The number of rotatable bonds is 22. The molecule has 2 aliphatic rings. The summed E-state index contributed by atoms with van der Waals surface area (Å²) in [6.45, 7) is 2.73. The average molecular weight is 975 g/mol. The summed E-state index contributed by atoms with van der Waals surface area (Å²) in [7, 11) is -5.49. The highest BCUT2D eigenvalue weighted by atomic mass is 31.2. The van der Waals surface area contributed by atoms with Gasteiger partial charge in [0, 0.05) is 25.2 Å². The van der Waals surface area contributed by atoms with E-state index in [4.69, 9.17) is 23.3 Å². The number of aliphatic hydroxyl groups is 8. The number of fused-ring (bicyclic) bond motifs is 4. The van der Waals surface area contributed by atoms with Crippen LogP contribution in [0.1, 0.15) is 149 Å². The predicted molar refractivity (Wildman–Crippen MR) is 252 cm³/mol. The highest BCUT2D eigenvalue weighted by Crippen LogP contribution is 2.47. The number of unbranched alkanes of at least 4 members (excludes halogenated alkanes) is 9. The van der Waals surface area contributed by atoms with E-state index in [1.165, 1.54) is 44.6 Å². The van der Waals surface area contributed by atoms with E-state index in [0.717, 1.165) is 38.2 Å². The number of ether oxygens (including phenoxy) is 3. The Labute approximate surface area is 397 Å². The summed E-state index contributed by atoms with van der Waals surface area (Å²) in [5.41, 5.74) is 0. The first kappa shape index (κ1) is 60.5. The Kier molecular flexibility index (Phi) is 32.0. The molecule has 386 valence electrons. The van der Waals surface area contributed by atoms with Gasteiger partial charge in [0.2, 0.25) is 0 Å². The van der Waals surface area contributed by atoms with Gasteiger partial charge in [-0.1, -0.05) is 126 Å². The number of esters is 2. The molecule has 2 aliphatic heterocycles. The quantitative estimate of drug-likeness (QED) is 0.0267. The van der Waals surface area contributed by atoms with Gasteiger partial charge in [-0.15, -0.1) is 0 Å². The number of hydrogen-bond donors (Lipinski definition) is 9. The van der Waals surface area contributed by atoms with Crippen LogP contribution < -0.4 is 0 Å². The maximum atomic E-state index is 13.6. The molecule has 2 heterocycles. The number of phosphoric ester groups is 1. The first-order valence-corrected chi connectivity index (χ1v) is 26.0. The van der Waals surface area contributed by atoms with Crippen LogP contribution in [0.4, 0.5) is 0 Å². The van der Waals surface area contributed by atoms with Gasteiger partial charge in [-0.05, 0) is 64.2 Å². The summed E-state index contributed by atoms with van der Waals surface area (Å²) < 4.78 is 40.3. The molecule has 2 unspecified atom stereocenters. The minimum absolute atomic E-state index is 0.0515. The zero-order chi connectivity index (χ0) is 49.5. The zero-order valence-corrected chi connectivity index (χ0v) is 40.6. The number of allylic oxidation sites excluding steroid dienone is 8. The van der Waals surface area contributed by atoms with Crippen molar-refractivity contribution in [3.8, 4) is 0 Å². The van der Waals surface area contributed by atoms with Gasteiger partial charge >= 0.3 is 19.8 Å². The lowest BCUT2D eigenvalue weighted by atomic mass is 9.83. The number of carbonyl (C=O) groups is 2. The second-order valence-corrected chi connectivity index (χ2v) is 18.9. The van der Waals surface area contributed by atoms with Crippen LogP contribution in [0.3, 0.4) is 0 Å². The van der Waals surface area contributed by atoms with Crippen LogP contribution in [0.15, 0.2) is 60.8 Å². The van der Waals surface area contributed by atoms with Crippen molar-refractivity contribution in [2.24, 2.45) is 5.92 Å². The van der Waals surface area contributed by atoms with Gasteiger partial charge in [-0.3, -0.25) is 18.6 Å². The molecule has 0 aromatic carbocycles. The lowest BCUT2D eigenvalue weighted by Crippen LogP contribution is -2.58. The molecule has 0 aromatic heterocycles. The van der Waals surface area contributed by atoms with Crippen molar-refractivity contribution < 1.29 is 83.2 Å². The van der Waals surface area contributed by atoms with Gasteiger partial charge in [0.15, 0.2) is 12.4 Å². The third-order valence-corrected chi connectivity index (χ3v) is 12.6. The summed E-state index contributed by atoms with van der Waals surface area (Å²) in [4.78, 5) is 36.5. The molecule has 1 saturated heterocycles. The SMILES string of the molecule is CCCCCCCC/C=C\C/C=C\C/C=C\CCCC(=O)O[C@@H]1COC(=O)CCCC=CC[C@@H]2[C@@H](O)[C@H](O)[C@@H](O)[C@H](OP(=O)(O)OC1)[C@H](O)[C@H](O)[C@@H](C=C[C@@H](O)CCCCC)OC(O)C[C@@H]2O. The molecule has 0 aliphatic carbocycles. The van der Waals surface area contributed by atoms with E-state index in [0.29, 0.717) is 38.5 Å². The van der Waals surface area contributed by atoms with Crippen LogP contribution in [0.2, 0.25) is 0 Å². The van der Waals surface area contributed by atoms with Gasteiger partial charge in [-0.2, -0.15) is 0 Å². The largest absolute Gasteiger partial charge is 0.472 e. The van der Waals surface area contributed by atoms with Crippen molar-refractivity contribution in [3.63, 3.8) is 0 Å². The molecule has 17 nitrogen and oxygen atoms in total. The second-order valence-electron chi connectivity index (χ2n) is 17.5. The Bertz CT molecular complexity index is 1540. The van der Waals surface area contributed by atoms with Crippen molar-refractivity contribution in [3.05, 3.63) is 60.8 Å². The number of phosphoric acid groups is 1. The van der Waals surface area contributed by atoms with E-state index >= 15 is 0 Å². The minimum Gasteiger partial charge on any atom is -0.462 e. The third kappa shape index (κ3) is 26.3. The summed E-state index contributed by atoms with van der Waals surface area (Å²) >= 11 is 0. The molecule has 0 amide bonds. The number of hydrogen-bond acceptors (Lipinski definition) is 16. The van der Waals surface area contributed by atoms with Gasteiger partial charge in [0.1, 0.15) is 43.2 Å². The van der Waals surface area contributed by atoms with Crippen LogP contribution in [0, 0.1) is 5.92 Å². The van der Waals surface area contributed by atoms with E-state index in [-0.39, 0.29) is 19.3 Å². The Balaban J connectivity index is 2.21. The summed E-state index contributed by atoms with van der Waals surface area (Å²) in [5.74, 6) is -2.71. The third-order valence-electron chi connectivity index (χ3n) is 11.6. The van der Waals surface area contributed by atoms with E-state index in [2.05, 4.69) is 31.2 Å². The highest BCUT2D eigenvalue weighted by molar-refractivity contribution is 7.47. The van der Waals surface area contributed by atoms with Crippen LogP contribution in [-0.2, 0) is 37.4 Å². The van der Waals surface area contributed by atoms with Crippen molar-refractivity contribution in [2.75, 3.05) is 13.2 Å². The molecule has 0 radical (unpaired) electrons. The molecule has 18 heteroatoms. The van der Waals surface area contributed by atoms with Crippen molar-refractivity contribution >= 4 is 19.8 Å². The molecule has 13 atom stereocenters. The van der Waals surface area contributed by atoms with Crippen LogP contribution in [-0.4, -0.2) is 138 Å². The summed E-state index contributed by atoms with van der Waals surface area (Å²) in [6.07, 6.45) is 10.4. The minimum atomic E-state index is -5.49. The fraction of sp³-hybridized carbons (Fsp3) is 0.755. The lowest BCUT2D eigenvalue weighted by molar-refractivity contribution is -0.213. The molecule has 9 N–H and O–H groups in total. The summed E-state index contributed by atoms with van der Waals surface area (Å²) in [5, 5.41) is 89.4. The molecule has 67 heavy (non-hydrogen) atoms. The zero-order valence-electron chi connectivity index (χ0n) is 39.7. The molecule has 0 aromatic rings. The Hall–Kier alpha value is -2.61. The first-order chi connectivity index (χ1) is 32.1. The molecule has 0 spiro atoms. The topological polar surface area (TPSA) is 279 Å². The van der Waals surface area contributed by atoms with Crippen LogP contribution in [0.25, 0.3) is 0 Å². The van der Waals surface area contributed by atoms with E-state index in [9.17, 15) is 59.9 Å². The number of cyclic esters (lactones) is 1. The number of aliphatic hydroxyl groups excluding tert-OH is 8.